The zero-order valence-electron chi connectivity index (χ0n) is 18.4. The fraction of sp³-hybridized carbons (Fsp3) is 0.619. The number of hydrogen-bond donors (Lipinski definition) is 1. The molecule has 168 valence electrons. The van der Waals surface area contributed by atoms with E-state index in [4.69, 9.17) is 30.5 Å². The van der Waals surface area contributed by atoms with Crippen LogP contribution >= 0.6 is 11.6 Å². The van der Waals surface area contributed by atoms with E-state index in [0.717, 1.165) is 0 Å². The lowest BCUT2D eigenvalue weighted by Crippen LogP contribution is -2.43. The van der Waals surface area contributed by atoms with Crippen molar-refractivity contribution >= 4 is 23.6 Å². The average Bonchev–Trinajstić information content (AvgIpc) is 2.90. The predicted molar refractivity (Wildman–Crippen MR) is 113 cm³/mol. The van der Waals surface area contributed by atoms with Gasteiger partial charge >= 0.3 is 6.09 Å². The Hall–Kier alpha value is -2.03. The Kier molecular flexibility index (Phi) is 8.34. The van der Waals surface area contributed by atoms with Crippen LogP contribution in [0.1, 0.15) is 56.6 Å². The van der Waals surface area contributed by atoms with E-state index in [9.17, 15) is 9.59 Å². The molecule has 2 amide bonds. The van der Waals surface area contributed by atoms with Gasteiger partial charge in [-0.05, 0) is 52.3 Å². The van der Waals surface area contributed by atoms with Crippen LogP contribution in [-0.4, -0.2) is 62.2 Å². The van der Waals surface area contributed by atoms with Crippen LogP contribution in [0, 0.1) is 0 Å². The number of nitrogens with zero attached hydrogens (tertiary/aromatic N) is 1. The van der Waals surface area contributed by atoms with E-state index >= 15 is 0 Å². The molecule has 0 aromatic heterocycles. The molecule has 1 aromatic rings. The molecule has 0 saturated carbocycles. The van der Waals surface area contributed by atoms with Crippen LogP contribution in [0.2, 0.25) is 5.02 Å². The molecule has 1 heterocycles. The topological polar surface area (TPSA) is 86.3 Å². The minimum atomic E-state index is -0.630. The van der Waals surface area contributed by atoms with E-state index in [-0.39, 0.29) is 19.0 Å². The second-order valence-electron chi connectivity index (χ2n) is 7.77. The lowest BCUT2D eigenvalue weighted by atomic mass is 10.0. The monoisotopic (exact) mass is 442 g/mol. The number of halogens is 1. The molecule has 8 nitrogen and oxygen atoms in total. The number of carbonyl (C=O) groups is 2. The lowest BCUT2D eigenvalue weighted by molar-refractivity contribution is -0.145. The van der Waals surface area contributed by atoms with Crippen LogP contribution in [0.5, 0.6) is 5.75 Å². The molecule has 1 unspecified atom stereocenters. The molecule has 9 heteroatoms. The molecule has 0 saturated heterocycles. The molecular formula is C21H31ClN2O6. The molecule has 2 rings (SSSR count). The van der Waals surface area contributed by atoms with Gasteiger partial charge in [0.05, 0.1) is 30.3 Å². The summed E-state index contributed by atoms with van der Waals surface area (Å²) in [7, 11) is 1.53. The van der Waals surface area contributed by atoms with E-state index in [2.05, 4.69) is 5.32 Å². The second-order valence-corrected chi connectivity index (χ2v) is 8.18. The summed E-state index contributed by atoms with van der Waals surface area (Å²) < 4.78 is 21.9. The van der Waals surface area contributed by atoms with Gasteiger partial charge in [-0.2, -0.15) is 0 Å². The first kappa shape index (κ1) is 24.2. The maximum atomic E-state index is 13.2. The highest BCUT2D eigenvalue weighted by Gasteiger charge is 2.40. The summed E-state index contributed by atoms with van der Waals surface area (Å²) in [6, 6.07) is 2.88. The Labute approximate surface area is 182 Å². The Bertz CT molecular complexity index is 759. The summed E-state index contributed by atoms with van der Waals surface area (Å²) in [6.07, 6.45) is -1.16. The molecule has 0 aliphatic carbocycles. The highest BCUT2D eigenvalue weighted by molar-refractivity contribution is 6.34. The highest BCUT2D eigenvalue weighted by Crippen LogP contribution is 2.40. The van der Waals surface area contributed by atoms with Gasteiger partial charge < -0.3 is 29.2 Å². The van der Waals surface area contributed by atoms with Crippen molar-refractivity contribution in [3.63, 3.8) is 0 Å². The molecule has 1 N–H and O–H groups in total. The standard InChI is InChI=1S/C21H31ClN2O6/c1-7-28-17(29-8-2)12-24-16(11-23-20(26)30-21(3,4)5)14-9-13(27-6)10-15(22)18(14)19(24)25/h9-10,16-17H,7-8,11-12H2,1-6H3,(H,23,26). The smallest absolute Gasteiger partial charge is 0.407 e. The number of alkyl carbamates (subject to hydrolysis) is 1. The number of ether oxygens (including phenoxy) is 4. The molecule has 1 aromatic carbocycles. The molecule has 0 fully saturated rings. The second kappa shape index (κ2) is 10.3. The summed E-state index contributed by atoms with van der Waals surface area (Å²) in [5, 5.41) is 3.04. The van der Waals surface area contributed by atoms with Crippen molar-refractivity contribution in [3.8, 4) is 5.75 Å². The van der Waals surface area contributed by atoms with Gasteiger partial charge in [-0.3, -0.25) is 4.79 Å². The van der Waals surface area contributed by atoms with Gasteiger partial charge in [0.15, 0.2) is 6.29 Å². The van der Waals surface area contributed by atoms with Crippen molar-refractivity contribution in [2.24, 2.45) is 0 Å². The number of rotatable bonds is 9. The SMILES string of the molecule is CCOC(CN1C(=O)c2c(Cl)cc(OC)cc2C1CNC(=O)OC(C)(C)C)OCC. The molecular weight excluding hydrogens is 412 g/mol. The zero-order chi connectivity index (χ0) is 22.5. The van der Waals surface area contributed by atoms with Crippen molar-refractivity contribution in [2.75, 3.05) is 33.4 Å². The largest absolute Gasteiger partial charge is 0.497 e. The van der Waals surface area contributed by atoms with Crippen LogP contribution in [0.15, 0.2) is 12.1 Å². The molecule has 1 atom stereocenters. The van der Waals surface area contributed by atoms with E-state index in [1.165, 1.54) is 7.11 Å². The van der Waals surface area contributed by atoms with Crippen molar-refractivity contribution in [2.45, 2.75) is 52.6 Å². The Morgan fingerprint density at radius 2 is 1.87 bits per heavy atom. The van der Waals surface area contributed by atoms with Crippen LogP contribution < -0.4 is 10.1 Å². The molecule has 0 radical (unpaired) electrons. The highest BCUT2D eigenvalue weighted by atomic mass is 35.5. The van der Waals surface area contributed by atoms with Crippen molar-refractivity contribution < 1.29 is 28.5 Å². The number of benzene rings is 1. The maximum Gasteiger partial charge on any atom is 0.407 e. The number of hydrogen-bond acceptors (Lipinski definition) is 6. The Morgan fingerprint density at radius 1 is 1.23 bits per heavy atom. The van der Waals surface area contributed by atoms with Gasteiger partial charge in [0, 0.05) is 19.8 Å². The number of amides is 2. The zero-order valence-corrected chi connectivity index (χ0v) is 19.2. The van der Waals surface area contributed by atoms with Gasteiger partial charge in [0.1, 0.15) is 11.4 Å². The molecule has 0 spiro atoms. The lowest BCUT2D eigenvalue weighted by Gasteiger charge is -2.29. The Morgan fingerprint density at radius 3 is 2.40 bits per heavy atom. The first-order chi connectivity index (χ1) is 14.1. The number of carbonyl (C=O) groups excluding carboxylic acids is 2. The first-order valence-electron chi connectivity index (χ1n) is 9.99. The van der Waals surface area contributed by atoms with Gasteiger partial charge in [-0.25, -0.2) is 4.79 Å². The summed E-state index contributed by atoms with van der Waals surface area (Å²) >= 11 is 6.39. The third-order valence-corrected chi connectivity index (χ3v) is 4.73. The maximum absolute atomic E-state index is 13.2. The van der Waals surface area contributed by atoms with Crippen LogP contribution in [0.25, 0.3) is 0 Å². The van der Waals surface area contributed by atoms with Gasteiger partial charge in [0.25, 0.3) is 5.91 Å². The van der Waals surface area contributed by atoms with E-state index in [1.807, 2.05) is 13.8 Å². The van der Waals surface area contributed by atoms with Crippen molar-refractivity contribution in [3.05, 3.63) is 28.3 Å². The summed E-state index contributed by atoms with van der Waals surface area (Å²) in [4.78, 5) is 27.0. The summed E-state index contributed by atoms with van der Waals surface area (Å²) in [5.41, 5.74) is 0.432. The van der Waals surface area contributed by atoms with Crippen molar-refractivity contribution in [1.29, 1.82) is 0 Å². The van der Waals surface area contributed by atoms with E-state index in [1.54, 1.807) is 37.8 Å². The third kappa shape index (κ3) is 6.00. The van der Waals surface area contributed by atoms with Crippen molar-refractivity contribution in [1.82, 2.24) is 10.2 Å². The van der Waals surface area contributed by atoms with E-state index < -0.39 is 24.0 Å². The number of nitrogens with one attached hydrogen (secondary N) is 1. The molecule has 1 aliphatic rings. The average molecular weight is 443 g/mol. The Balaban J connectivity index is 2.32. The minimum Gasteiger partial charge on any atom is -0.497 e. The quantitative estimate of drug-likeness (QED) is 0.586. The summed E-state index contributed by atoms with van der Waals surface area (Å²) in [5.74, 6) is 0.278. The number of fused-ring (bicyclic) bond motifs is 1. The van der Waals surface area contributed by atoms with Crippen LogP contribution in [0.4, 0.5) is 4.79 Å². The normalized spacial score (nSPS) is 16.1. The van der Waals surface area contributed by atoms with Gasteiger partial charge in [-0.15, -0.1) is 0 Å². The minimum absolute atomic E-state index is 0.141. The number of methoxy groups -OCH3 is 1. The van der Waals surface area contributed by atoms with Gasteiger partial charge in [-0.1, -0.05) is 11.6 Å². The first-order valence-corrected chi connectivity index (χ1v) is 10.4. The summed E-state index contributed by atoms with van der Waals surface area (Å²) in [6.45, 7) is 10.3. The van der Waals surface area contributed by atoms with E-state index in [0.29, 0.717) is 35.1 Å². The van der Waals surface area contributed by atoms with Crippen LogP contribution in [-0.2, 0) is 14.2 Å². The third-order valence-electron chi connectivity index (χ3n) is 4.43. The molecule has 0 bridgehead atoms. The van der Waals surface area contributed by atoms with Crippen LogP contribution in [0.3, 0.4) is 0 Å². The molecule has 30 heavy (non-hydrogen) atoms. The van der Waals surface area contributed by atoms with Gasteiger partial charge in [0.2, 0.25) is 0 Å². The predicted octanol–water partition coefficient (Wildman–Crippen LogP) is 3.77. The fourth-order valence-electron chi connectivity index (χ4n) is 3.27. The molecule has 1 aliphatic heterocycles. The fourth-order valence-corrected chi connectivity index (χ4v) is 3.57.